The monoisotopic (exact) mass is 362 g/mol. The Bertz CT molecular complexity index is 863. The van der Waals surface area contributed by atoms with Crippen LogP contribution in [-0.4, -0.2) is 28.0 Å². The first-order valence-corrected chi connectivity index (χ1v) is 9.34. The Morgan fingerprint density at radius 3 is 2.48 bits per heavy atom. The fraction of sp³-hybridized carbons (Fsp3) is 0.278. The number of sulfonamides is 1. The number of nitrogens with one attached hydrogen (secondary N) is 2. The lowest BCUT2D eigenvalue weighted by Crippen LogP contribution is -2.20. The SMILES string of the molecule is CNS(=O)(=O)c1cc(NC(=O)CCOc2ccccc2C)ccc1C. The molecule has 1 amide bonds. The van der Waals surface area contributed by atoms with E-state index in [0.717, 1.165) is 11.3 Å². The molecule has 0 saturated heterocycles. The van der Waals surface area contributed by atoms with E-state index in [1.807, 2.05) is 31.2 Å². The molecule has 0 saturated carbocycles. The fourth-order valence-electron chi connectivity index (χ4n) is 2.27. The summed E-state index contributed by atoms with van der Waals surface area (Å²) in [6.07, 6.45) is 0.163. The summed E-state index contributed by atoms with van der Waals surface area (Å²) < 4.78 is 31.8. The van der Waals surface area contributed by atoms with Crippen LogP contribution in [-0.2, 0) is 14.8 Å². The number of hydrogen-bond acceptors (Lipinski definition) is 4. The maximum absolute atomic E-state index is 12.0. The smallest absolute Gasteiger partial charge is 0.240 e. The first-order chi connectivity index (χ1) is 11.8. The highest BCUT2D eigenvalue weighted by Crippen LogP contribution is 2.20. The summed E-state index contributed by atoms with van der Waals surface area (Å²) in [6, 6.07) is 12.4. The van der Waals surface area contributed by atoms with Crippen LogP contribution in [0.15, 0.2) is 47.4 Å². The lowest BCUT2D eigenvalue weighted by Gasteiger charge is -2.11. The van der Waals surface area contributed by atoms with Crippen molar-refractivity contribution in [2.45, 2.75) is 25.2 Å². The molecule has 0 atom stereocenters. The predicted molar refractivity (Wildman–Crippen MR) is 97.3 cm³/mol. The highest BCUT2D eigenvalue weighted by molar-refractivity contribution is 7.89. The molecule has 0 aromatic heterocycles. The Kier molecular flexibility index (Phi) is 6.17. The van der Waals surface area contributed by atoms with Crippen molar-refractivity contribution in [1.82, 2.24) is 4.72 Å². The van der Waals surface area contributed by atoms with Crippen LogP contribution in [0.25, 0.3) is 0 Å². The lowest BCUT2D eigenvalue weighted by molar-refractivity contribution is -0.116. The molecule has 2 N–H and O–H groups in total. The van der Waals surface area contributed by atoms with Crippen LogP contribution in [0.1, 0.15) is 17.5 Å². The molecule has 0 radical (unpaired) electrons. The minimum atomic E-state index is -3.57. The van der Waals surface area contributed by atoms with Gasteiger partial charge in [0.05, 0.1) is 17.9 Å². The van der Waals surface area contributed by atoms with E-state index in [2.05, 4.69) is 10.0 Å². The minimum Gasteiger partial charge on any atom is -0.493 e. The summed E-state index contributed by atoms with van der Waals surface area (Å²) in [5.74, 6) is 0.498. The quantitative estimate of drug-likeness (QED) is 0.793. The molecule has 0 bridgehead atoms. The van der Waals surface area contributed by atoms with Gasteiger partial charge in [-0.15, -0.1) is 0 Å². The molecule has 7 heteroatoms. The number of anilines is 1. The van der Waals surface area contributed by atoms with Crippen molar-refractivity contribution in [3.05, 3.63) is 53.6 Å². The van der Waals surface area contributed by atoms with Crippen LogP contribution in [0, 0.1) is 13.8 Å². The molecule has 25 heavy (non-hydrogen) atoms. The molecular formula is C18H22N2O4S. The third kappa shape index (κ3) is 5.04. The zero-order valence-corrected chi connectivity index (χ0v) is 15.3. The Labute approximate surface area is 148 Å². The van der Waals surface area contributed by atoms with E-state index in [1.165, 1.54) is 13.1 Å². The van der Waals surface area contributed by atoms with E-state index in [0.29, 0.717) is 11.3 Å². The number of rotatable bonds is 7. The Morgan fingerprint density at radius 1 is 1.08 bits per heavy atom. The van der Waals surface area contributed by atoms with Crippen LogP contribution >= 0.6 is 0 Å². The molecule has 2 aromatic rings. The minimum absolute atomic E-state index is 0.143. The van der Waals surface area contributed by atoms with Gasteiger partial charge in [-0.3, -0.25) is 4.79 Å². The van der Waals surface area contributed by atoms with Gasteiger partial charge in [0.15, 0.2) is 0 Å². The van der Waals surface area contributed by atoms with Crippen molar-refractivity contribution in [3.63, 3.8) is 0 Å². The molecule has 6 nitrogen and oxygen atoms in total. The standard InChI is InChI=1S/C18H22N2O4S/c1-13-6-4-5-7-16(13)24-11-10-18(21)20-15-9-8-14(2)17(12-15)25(22,23)19-3/h4-9,12,19H,10-11H2,1-3H3,(H,20,21). The van der Waals surface area contributed by atoms with Crippen LogP contribution in [0.3, 0.4) is 0 Å². The van der Waals surface area contributed by atoms with Crippen molar-refractivity contribution < 1.29 is 17.9 Å². The summed E-state index contributed by atoms with van der Waals surface area (Å²) in [4.78, 5) is 12.2. The number of carbonyl (C=O) groups is 1. The molecule has 0 aliphatic carbocycles. The third-order valence-electron chi connectivity index (χ3n) is 3.71. The topological polar surface area (TPSA) is 84.5 Å². The van der Waals surface area contributed by atoms with E-state index in [4.69, 9.17) is 4.74 Å². The van der Waals surface area contributed by atoms with Crippen molar-refractivity contribution in [2.75, 3.05) is 19.0 Å². The van der Waals surface area contributed by atoms with Crippen LogP contribution in [0.5, 0.6) is 5.75 Å². The summed E-state index contributed by atoms with van der Waals surface area (Å²) >= 11 is 0. The van der Waals surface area contributed by atoms with Gasteiger partial charge in [-0.1, -0.05) is 24.3 Å². The van der Waals surface area contributed by atoms with E-state index in [9.17, 15) is 13.2 Å². The normalized spacial score (nSPS) is 11.2. The molecule has 134 valence electrons. The summed E-state index contributed by atoms with van der Waals surface area (Å²) in [5.41, 5.74) is 2.04. The summed E-state index contributed by atoms with van der Waals surface area (Å²) in [7, 11) is -2.22. The summed E-state index contributed by atoms with van der Waals surface area (Å²) in [5, 5.41) is 2.70. The number of hydrogen-bond donors (Lipinski definition) is 2. The maximum Gasteiger partial charge on any atom is 0.240 e. The van der Waals surface area contributed by atoms with Gasteiger partial charge in [0, 0.05) is 5.69 Å². The van der Waals surface area contributed by atoms with Crippen molar-refractivity contribution in [2.24, 2.45) is 0 Å². The van der Waals surface area contributed by atoms with Gasteiger partial charge >= 0.3 is 0 Å². The third-order valence-corrected chi connectivity index (χ3v) is 5.27. The molecule has 2 rings (SSSR count). The highest BCUT2D eigenvalue weighted by Gasteiger charge is 2.15. The molecule has 0 heterocycles. The zero-order chi connectivity index (χ0) is 18.4. The number of ether oxygens (including phenoxy) is 1. The predicted octanol–water partition coefficient (Wildman–Crippen LogP) is 2.62. The Hall–Kier alpha value is -2.38. The Balaban J connectivity index is 1.97. The van der Waals surface area contributed by atoms with Gasteiger partial charge in [0.1, 0.15) is 5.75 Å². The van der Waals surface area contributed by atoms with Gasteiger partial charge in [-0.2, -0.15) is 0 Å². The van der Waals surface area contributed by atoms with Gasteiger partial charge in [-0.25, -0.2) is 13.1 Å². The average Bonchev–Trinajstić information content (AvgIpc) is 2.58. The Morgan fingerprint density at radius 2 is 1.80 bits per heavy atom. The van der Waals surface area contributed by atoms with E-state index in [1.54, 1.807) is 19.1 Å². The van der Waals surface area contributed by atoms with Crippen molar-refractivity contribution in [3.8, 4) is 5.75 Å². The number of benzene rings is 2. The molecule has 2 aromatic carbocycles. The maximum atomic E-state index is 12.0. The highest BCUT2D eigenvalue weighted by atomic mass is 32.2. The second-order valence-electron chi connectivity index (χ2n) is 5.60. The van der Waals surface area contributed by atoms with Gasteiger partial charge < -0.3 is 10.1 Å². The molecule has 0 aliphatic heterocycles. The second-order valence-corrected chi connectivity index (χ2v) is 7.45. The first kappa shape index (κ1) is 19.0. The zero-order valence-electron chi connectivity index (χ0n) is 14.5. The number of amides is 1. The van der Waals surface area contributed by atoms with Crippen LogP contribution in [0.4, 0.5) is 5.69 Å². The van der Waals surface area contributed by atoms with E-state index < -0.39 is 10.0 Å². The number of aryl methyl sites for hydroxylation is 2. The average molecular weight is 362 g/mol. The molecule has 0 unspecified atom stereocenters. The van der Waals surface area contributed by atoms with Crippen LogP contribution < -0.4 is 14.8 Å². The van der Waals surface area contributed by atoms with E-state index in [-0.39, 0.29) is 23.8 Å². The van der Waals surface area contributed by atoms with E-state index >= 15 is 0 Å². The fourth-order valence-corrected chi connectivity index (χ4v) is 3.27. The first-order valence-electron chi connectivity index (χ1n) is 7.86. The second kappa shape index (κ2) is 8.13. The van der Waals surface area contributed by atoms with Crippen molar-refractivity contribution in [1.29, 1.82) is 0 Å². The number of carbonyl (C=O) groups excluding carboxylic acids is 1. The number of para-hydroxylation sites is 1. The van der Waals surface area contributed by atoms with Gasteiger partial charge in [0.2, 0.25) is 15.9 Å². The molecule has 0 fully saturated rings. The van der Waals surface area contributed by atoms with Gasteiger partial charge in [0.25, 0.3) is 0 Å². The molecular weight excluding hydrogens is 340 g/mol. The molecule has 0 spiro atoms. The summed E-state index contributed by atoms with van der Waals surface area (Å²) in [6.45, 7) is 3.88. The largest absolute Gasteiger partial charge is 0.493 e. The lowest BCUT2D eigenvalue weighted by atomic mass is 10.2. The van der Waals surface area contributed by atoms with Crippen LogP contribution in [0.2, 0.25) is 0 Å². The molecule has 0 aliphatic rings. The van der Waals surface area contributed by atoms with Crippen molar-refractivity contribution >= 4 is 21.6 Å². The van der Waals surface area contributed by atoms with Gasteiger partial charge in [-0.05, 0) is 50.2 Å².